The van der Waals surface area contributed by atoms with Crippen LogP contribution in [-0.4, -0.2) is 68.8 Å². The third-order valence-electron chi connectivity index (χ3n) is 7.36. The Labute approximate surface area is 288 Å². The van der Waals surface area contributed by atoms with E-state index in [1.54, 1.807) is 44.4 Å². The van der Waals surface area contributed by atoms with Gasteiger partial charge in [0.05, 0.1) is 41.0 Å². The molecule has 6 N–H and O–H groups in total. The minimum absolute atomic E-state index is 0.0101. The van der Waals surface area contributed by atoms with E-state index < -0.39 is 11.9 Å². The number of phenolic OH excluding ortho intramolecular Hbond substituents is 3. The summed E-state index contributed by atoms with van der Waals surface area (Å²) in [6.07, 6.45) is 0. The molecule has 6 aromatic rings. The zero-order valence-electron chi connectivity index (χ0n) is 28.7. The highest BCUT2D eigenvalue weighted by atomic mass is 16.5. The van der Waals surface area contributed by atoms with Crippen LogP contribution in [0.4, 0.5) is 5.69 Å². The fourth-order valence-electron chi connectivity index (χ4n) is 5.16. The smallest absolute Gasteiger partial charge is 0.337 e. The van der Waals surface area contributed by atoms with Gasteiger partial charge in [-0.25, -0.2) is 23.6 Å². The number of hydrogen-bond donors (Lipinski definition) is 5. The number of carboxylic acids is 1. The lowest BCUT2D eigenvalue weighted by atomic mass is 10.2. The zero-order chi connectivity index (χ0) is 36.9. The van der Waals surface area contributed by atoms with Crippen LogP contribution in [0, 0.1) is 41.5 Å². The molecule has 0 aliphatic carbocycles. The molecule has 0 fully saturated rings. The van der Waals surface area contributed by atoms with Gasteiger partial charge in [-0.2, -0.15) is 15.3 Å². The summed E-state index contributed by atoms with van der Waals surface area (Å²) in [4.78, 5) is 22.1. The molecule has 0 atom stereocenters. The van der Waals surface area contributed by atoms with Crippen LogP contribution in [0.1, 0.15) is 54.9 Å². The standard InChI is InChI=1S/C13H14N2O3.C12H12N2O3.C11H13N3O/c1-8-6-9(2)15(14-8)11-5-4-10(7-12(11)16)13(17)18-3;1-7-5-8(2)14(13-7)10-4-3-9(12(16)17)6-11(10)15;1-7-6-8(2)14(13-7)11-9(12)4-3-5-10(11)15/h4-7,16H,1-3H3;3-6,15H,1-2H3,(H,16,17);3-6,15H,12H2,1-2H3. The first-order valence-electron chi connectivity index (χ1n) is 15.3. The van der Waals surface area contributed by atoms with Gasteiger partial charge < -0.3 is 30.9 Å². The molecule has 0 aliphatic rings. The molecular weight excluding hydrogens is 642 g/mol. The van der Waals surface area contributed by atoms with Gasteiger partial charge in [0, 0.05) is 17.1 Å². The number of methoxy groups -OCH3 is 1. The largest absolute Gasteiger partial charge is 0.506 e. The number of hydrogen-bond acceptors (Lipinski definition) is 10. The van der Waals surface area contributed by atoms with Gasteiger partial charge >= 0.3 is 11.9 Å². The number of aromatic nitrogens is 6. The molecular formula is C36H39N7O7. The van der Waals surface area contributed by atoms with Gasteiger partial charge in [-0.1, -0.05) is 6.07 Å². The first kappa shape index (κ1) is 36.3. The Hall–Kier alpha value is -6.57. The molecule has 0 amide bonds. The number of nitrogens with zero attached hydrogens (tertiary/aromatic N) is 6. The highest BCUT2D eigenvalue weighted by Gasteiger charge is 2.14. The van der Waals surface area contributed by atoms with Crippen molar-refractivity contribution in [1.82, 2.24) is 29.3 Å². The summed E-state index contributed by atoms with van der Waals surface area (Å²) >= 11 is 0. The third-order valence-corrected chi connectivity index (χ3v) is 7.36. The molecule has 50 heavy (non-hydrogen) atoms. The minimum Gasteiger partial charge on any atom is -0.506 e. The number of carbonyl (C=O) groups excluding carboxylic acids is 1. The molecule has 0 spiro atoms. The molecule has 260 valence electrons. The lowest BCUT2D eigenvalue weighted by Crippen LogP contribution is -2.04. The normalized spacial score (nSPS) is 10.5. The Morgan fingerprint density at radius 2 is 1.06 bits per heavy atom. The van der Waals surface area contributed by atoms with Crippen molar-refractivity contribution in [3.05, 3.63) is 118 Å². The minimum atomic E-state index is -1.07. The van der Waals surface area contributed by atoms with Gasteiger partial charge in [0.1, 0.15) is 34.3 Å². The van der Waals surface area contributed by atoms with Crippen LogP contribution < -0.4 is 5.73 Å². The number of aryl methyl sites for hydroxylation is 6. The van der Waals surface area contributed by atoms with Crippen LogP contribution in [0.3, 0.4) is 0 Å². The van der Waals surface area contributed by atoms with Crippen LogP contribution in [0.25, 0.3) is 17.1 Å². The highest BCUT2D eigenvalue weighted by Crippen LogP contribution is 2.28. The number of nitrogens with two attached hydrogens (primary N) is 1. The number of carbonyl (C=O) groups is 2. The second-order valence-electron chi connectivity index (χ2n) is 11.4. The second-order valence-corrected chi connectivity index (χ2v) is 11.4. The summed E-state index contributed by atoms with van der Waals surface area (Å²) in [6, 6.07) is 19.6. The van der Waals surface area contributed by atoms with Crippen LogP contribution >= 0.6 is 0 Å². The van der Waals surface area contributed by atoms with E-state index in [2.05, 4.69) is 20.0 Å². The summed E-state index contributed by atoms with van der Waals surface area (Å²) in [5.41, 5.74) is 13.6. The Balaban J connectivity index is 0.000000169. The predicted molar refractivity (Wildman–Crippen MR) is 187 cm³/mol. The SMILES string of the molecule is COC(=O)c1ccc(-n2nc(C)cc2C)c(O)c1.Cc1cc(C)n(-c2c(N)cccc2O)n1.Cc1cc(C)n(-c2ccc(C(=O)O)cc2O)n1. The van der Waals surface area contributed by atoms with Gasteiger partial charge in [0.2, 0.25) is 0 Å². The number of para-hydroxylation sites is 1. The molecule has 0 saturated heterocycles. The van der Waals surface area contributed by atoms with Crippen molar-refractivity contribution in [1.29, 1.82) is 0 Å². The van der Waals surface area contributed by atoms with E-state index in [0.29, 0.717) is 28.3 Å². The van der Waals surface area contributed by atoms with Crippen molar-refractivity contribution in [2.45, 2.75) is 41.5 Å². The Kier molecular flexibility index (Phi) is 11.0. The van der Waals surface area contributed by atoms with E-state index in [1.807, 2.05) is 59.7 Å². The zero-order valence-corrected chi connectivity index (χ0v) is 28.7. The fourth-order valence-corrected chi connectivity index (χ4v) is 5.16. The predicted octanol–water partition coefficient (Wildman–Crippen LogP) is 5.65. The van der Waals surface area contributed by atoms with Crippen molar-refractivity contribution >= 4 is 17.6 Å². The number of phenols is 3. The number of carboxylic acid groups (broad SMARTS) is 1. The molecule has 3 aromatic carbocycles. The first-order valence-corrected chi connectivity index (χ1v) is 15.3. The second kappa shape index (κ2) is 15.1. The van der Waals surface area contributed by atoms with Gasteiger partial charge in [0.15, 0.2) is 0 Å². The van der Waals surface area contributed by atoms with Gasteiger partial charge in [-0.15, -0.1) is 0 Å². The summed E-state index contributed by atoms with van der Waals surface area (Å²) in [5.74, 6) is -1.52. The molecule has 0 unspecified atom stereocenters. The molecule has 3 aromatic heterocycles. The van der Waals surface area contributed by atoms with Gasteiger partial charge in [-0.3, -0.25) is 0 Å². The lowest BCUT2D eigenvalue weighted by Gasteiger charge is -2.09. The van der Waals surface area contributed by atoms with E-state index >= 15 is 0 Å². The number of rotatable bonds is 5. The monoisotopic (exact) mass is 681 g/mol. The number of nitrogen functional groups attached to an aromatic ring is 1. The average molecular weight is 682 g/mol. The average Bonchev–Trinajstić information content (AvgIpc) is 3.69. The third kappa shape index (κ3) is 8.10. The van der Waals surface area contributed by atoms with Gasteiger partial charge in [0.25, 0.3) is 0 Å². The maximum atomic E-state index is 11.3. The van der Waals surface area contributed by atoms with Crippen molar-refractivity contribution in [3.8, 4) is 34.3 Å². The molecule has 0 saturated carbocycles. The highest BCUT2D eigenvalue weighted by molar-refractivity contribution is 5.90. The van der Waals surface area contributed by atoms with E-state index in [0.717, 1.165) is 34.2 Å². The van der Waals surface area contributed by atoms with Crippen LogP contribution in [0.5, 0.6) is 17.2 Å². The summed E-state index contributed by atoms with van der Waals surface area (Å²) in [7, 11) is 1.30. The van der Waals surface area contributed by atoms with Gasteiger partial charge in [-0.05, 0) is 108 Å². The molecule has 3 heterocycles. The van der Waals surface area contributed by atoms with E-state index in [-0.39, 0.29) is 22.8 Å². The van der Waals surface area contributed by atoms with Crippen LogP contribution in [0.15, 0.2) is 72.8 Å². The maximum Gasteiger partial charge on any atom is 0.337 e. The van der Waals surface area contributed by atoms with Crippen molar-refractivity contribution in [3.63, 3.8) is 0 Å². The number of anilines is 1. The fraction of sp³-hybridized carbons (Fsp3) is 0.194. The molecule has 0 radical (unpaired) electrons. The number of ether oxygens (including phenoxy) is 1. The first-order chi connectivity index (χ1) is 23.6. The van der Waals surface area contributed by atoms with Crippen molar-refractivity contribution in [2.75, 3.05) is 12.8 Å². The summed E-state index contributed by atoms with van der Waals surface area (Å²) < 4.78 is 9.46. The number of benzene rings is 3. The lowest BCUT2D eigenvalue weighted by molar-refractivity contribution is 0.0599. The molecule has 0 bridgehead atoms. The summed E-state index contributed by atoms with van der Waals surface area (Å²) in [5, 5.41) is 51.1. The molecule has 0 aliphatic heterocycles. The topological polar surface area (TPSA) is 204 Å². The van der Waals surface area contributed by atoms with E-state index in [9.17, 15) is 24.9 Å². The summed E-state index contributed by atoms with van der Waals surface area (Å²) in [6.45, 7) is 11.3. The van der Waals surface area contributed by atoms with Crippen LogP contribution in [-0.2, 0) is 4.74 Å². The van der Waals surface area contributed by atoms with Crippen molar-refractivity contribution < 1.29 is 34.8 Å². The van der Waals surface area contributed by atoms with E-state index in [1.165, 1.54) is 31.4 Å². The molecule has 14 heteroatoms. The number of aromatic carboxylic acids is 1. The molecule has 6 rings (SSSR count). The Morgan fingerprint density at radius 1 is 0.620 bits per heavy atom. The number of esters is 1. The quantitative estimate of drug-likeness (QED) is 0.111. The Morgan fingerprint density at radius 3 is 1.44 bits per heavy atom. The maximum absolute atomic E-state index is 11.3. The molecule has 14 nitrogen and oxygen atoms in total. The van der Waals surface area contributed by atoms with E-state index in [4.69, 9.17) is 10.8 Å². The Bertz CT molecular complexity index is 2160. The van der Waals surface area contributed by atoms with Crippen LogP contribution in [0.2, 0.25) is 0 Å². The van der Waals surface area contributed by atoms with Crippen molar-refractivity contribution in [2.24, 2.45) is 0 Å². The number of aromatic hydroxyl groups is 3.